The van der Waals surface area contributed by atoms with E-state index in [4.69, 9.17) is 9.90 Å². The van der Waals surface area contributed by atoms with Gasteiger partial charge in [0.25, 0.3) is 5.97 Å². The Balaban J connectivity index is -0.00000000750. The quantitative estimate of drug-likeness (QED) is 0.456. The zero-order valence-electron chi connectivity index (χ0n) is 4.30. The van der Waals surface area contributed by atoms with Crippen molar-refractivity contribution in [3.05, 3.63) is 0 Å². The number of carbonyl (C=O) groups is 1. The van der Waals surface area contributed by atoms with Crippen LogP contribution >= 0.6 is 0 Å². The fraction of sp³-hybridized carbons (Fsp3) is 0.500. The normalized spacial score (nSPS) is 3.12. The fourth-order valence-electron chi connectivity index (χ4n) is 0. The van der Waals surface area contributed by atoms with Crippen molar-refractivity contribution in [2.45, 2.75) is 6.92 Å². The van der Waals surface area contributed by atoms with E-state index >= 15 is 0 Å². The summed E-state index contributed by atoms with van der Waals surface area (Å²) in [6.07, 6.45) is 0. The summed E-state index contributed by atoms with van der Waals surface area (Å²) >= 11 is 0. The second-order valence-corrected chi connectivity index (χ2v) is 0.519. The molecule has 0 aliphatic carbocycles. The Hall–Kier alpha value is 0.168. The minimum Gasteiger partial charge on any atom is -0.481 e. The Morgan fingerprint density at radius 2 is 1.25 bits per heavy atom. The summed E-state index contributed by atoms with van der Waals surface area (Å²) in [7, 11) is 0. The number of aliphatic carboxylic acids is 1. The molecule has 6 heteroatoms. The smallest absolute Gasteiger partial charge is 0.300 e. The van der Waals surface area contributed by atoms with E-state index in [0.717, 1.165) is 6.92 Å². The minimum absolute atomic E-state index is 0. The van der Waals surface area contributed by atoms with Crippen molar-refractivity contribution in [1.29, 1.82) is 0 Å². The first kappa shape index (κ1) is 41.8. The summed E-state index contributed by atoms with van der Waals surface area (Å²) in [5.41, 5.74) is 0. The number of rotatable bonds is 0. The molecule has 0 heterocycles. The van der Waals surface area contributed by atoms with E-state index in [1.165, 1.54) is 0 Å². The van der Waals surface area contributed by atoms with Gasteiger partial charge in [-0.1, -0.05) is 0 Å². The zero-order chi connectivity index (χ0) is 3.58. The molecule has 0 saturated heterocycles. The summed E-state index contributed by atoms with van der Waals surface area (Å²) in [5.74, 6) is -0.833. The van der Waals surface area contributed by atoms with Crippen LogP contribution in [0.3, 0.4) is 0 Å². The largest absolute Gasteiger partial charge is 0.481 e. The van der Waals surface area contributed by atoms with Crippen LogP contribution in [0.25, 0.3) is 0 Å². The standard InChI is InChI=1S/C2H4O2.3H2O.Sb/c1-2(3)4;;;;/h1H3,(H,3,4);3*1H2;. The van der Waals surface area contributed by atoms with Gasteiger partial charge >= 0.3 is 0 Å². The molecule has 0 saturated carbocycles. The van der Waals surface area contributed by atoms with Gasteiger partial charge in [-0.05, 0) is 0 Å². The fourth-order valence-corrected chi connectivity index (χ4v) is 0. The molecule has 0 aromatic carbocycles. The molecular weight excluding hydrogens is 226 g/mol. The van der Waals surface area contributed by atoms with Crippen LogP contribution < -0.4 is 0 Å². The topological polar surface area (TPSA) is 132 Å². The third-order valence-corrected chi connectivity index (χ3v) is 0. The summed E-state index contributed by atoms with van der Waals surface area (Å²) in [6, 6.07) is 0. The minimum atomic E-state index is -0.833. The van der Waals surface area contributed by atoms with Crippen LogP contribution in [0.2, 0.25) is 0 Å². The van der Waals surface area contributed by atoms with Gasteiger partial charge in [-0.25, -0.2) is 0 Å². The second-order valence-electron chi connectivity index (χ2n) is 0.519. The van der Waals surface area contributed by atoms with E-state index in [1.54, 1.807) is 0 Å². The number of carboxylic acids is 1. The molecule has 5 nitrogen and oxygen atoms in total. The third-order valence-electron chi connectivity index (χ3n) is 0. The summed E-state index contributed by atoms with van der Waals surface area (Å²) in [4.78, 5) is 9.00. The Morgan fingerprint density at radius 1 is 1.25 bits per heavy atom. The average molecular weight is 236 g/mol. The number of carboxylic acid groups (broad SMARTS) is 1. The first-order valence-corrected chi connectivity index (χ1v) is 0.928. The van der Waals surface area contributed by atoms with Crippen molar-refractivity contribution in [1.82, 2.24) is 0 Å². The molecule has 0 fully saturated rings. The molecule has 0 atom stereocenters. The van der Waals surface area contributed by atoms with Gasteiger partial charge in [-0.3, -0.25) is 4.79 Å². The predicted molar refractivity (Wildman–Crippen MR) is 29.9 cm³/mol. The van der Waals surface area contributed by atoms with Crippen LogP contribution in [0.15, 0.2) is 0 Å². The first-order chi connectivity index (χ1) is 1.73. The van der Waals surface area contributed by atoms with Gasteiger partial charge in [0.15, 0.2) is 0 Å². The molecular formula is C2H10O5Sb. The molecule has 0 bridgehead atoms. The predicted octanol–water partition coefficient (Wildman–Crippen LogP) is -2.76. The van der Waals surface area contributed by atoms with Crippen molar-refractivity contribution in [3.63, 3.8) is 0 Å². The third kappa shape index (κ3) is 5820. The molecule has 8 heavy (non-hydrogen) atoms. The Labute approximate surface area is 64.1 Å². The van der Waals surface area contributed by atoms with E-state index in [1.807, 2.05) is 0 Å². The maximum atomic E-state index is 9.00. The molecule has 0 spiro atoms. The van der Waals surface area contributed by atoms with Crippen LogP contribution in [-0.2, 0) is 4.79 Å². The van der Waals surface area contributed by atoms with Gasteiger partial charge in [-0.15, -0.1) is 0 Å². The van der Waals surface area contributed by atoms with Gasteiger partial charge in [0.1, 0.15) is 0 Å². The summed E-state index contributed by atoms with van der Waals surface area (Å²) < 4.78 is 0. The van der Waals surface area contributed by atoms with Crippen molar-refractivity contribution < 1.29 is 26.3 Å². The molecule has 0 aromatic heterocycles. The average Bonchev–Trinajstić information content (AvgIpc) is 0.811. The molecule has 0 aromatic rings. The van der Waals surface area contributed by atoms with Crippen LogP contribution in [-0.4, -0.2) is 51.9 Å². The maximum absolute atomic E-state index is 9.00. The summed E-state index contributed by atoms with van der Waals surface area (Å²) in [5, 5.41) is 7.42. The van der Waals surface area contributed by atoms with Crippen molar-refractivity contribution in [2.24, 2.45) is 0 Å². The molecule has 0 aliphatic rings. The van der Waals surface area contributed by atoms with Gasteiger partial charge in [0, 0.05) is 31.4 Å². The van der Waals surface area contributed by atoms with Gasteiger partial charge in [-0.2, -0.15) is 0 Å². The van der Waals surface area contributed by atoms with Crippen LogP contribution in [0.1, 0.15) is 6.92 Å². The van der Waals surface area contributed by atoms with E-state index in [2.05, 4.69) is 0 Å². The summed E-state index contributed by atoms with van der Waals surface area (Å²) in [6.45, 7) is 1.08. The van der Waals surface area contributed by atoms with Gasteiger partial charge in [0.2, 0.25) is 0 Å². The molecule has 0 unspecified atom stereocenters. The SMILES string of the molecule is CC(=O)O.O.O.O.[Sb]. The zero-order valence-corrected chi connectivity index (χ0v) is 6.86. The Kier molecular flexibility index (Phi) is 142. The van der Waals surface area contributed by atoms with Crippen LogP contribution in [0.5, 0.6) is 0 Å². The van der Waals surface area contributed by atoms with Crippen LogP contribution in [0.4, 0.5) is 0 Å². The van der Waals surface area contributed by atoms with Gasteiger partial charge in [0.05, 0.1) is 0 Å². The Morgan fingerprint density at radius 3 is 1.25 bits per heavy atom. The monoisotopic (exact) mass is 235 g/mol. The molecule has 0 amide bonds. The first-order valence-electron chi connectivity index (χ1n) is 0.928. The van der Waals surface area contributed by atoms with E-state index in [0.29, 0.717) is 0 Å². The molecule has 7 N–H and O–H groups in total. The van der Waals surface area contributed by atoms with E-state index in [9.17, 15) is 0 Å². The van der Waals surface area contributed by atoms with Gasteiger partial charge < -0.3 is 21.5 Å². The maximum Gasteiger partial charge on any atom is 0.300 e. The van der Waals surface area contributed by atoms with Crippen molar-refractivity contribution in [2.75, 3.05) is 0 Å². The molecule has 53 valence electrons. The molecule has 0 rings (SSSR count). The van der Waals surface area contributed by atoms with Crippen molar-refractivity contribution in [3.8, 4) is 0 Å². The number of hydrogen-bond acceptors (Lipinski definition) is 1. The number of hydrogen-bond donors (Lipinski definition) is 1. The van der Waals surface area contributed by atoms with E-state index < -0.39 is 5.97 Å². The second kappa shape index (κ2) is 27.2. The molecule has 0 aliphatic heterocycles. The van der Waals surface area contributed by atoms with Crippen LogP contribution in [0, 0.1) is 0 Å². The van der Waals surface area contributed by atoms with E-state index in [-0.39, 0.29) is 40.9 Å². The molecule has 3 radical (unpaired) electrons. The van der Waals surface area contributed by atoms with Crippen molar-refractivity contribution >= 4 is 30.4 Å². The Bertz CT molecular complexity index is 33.4.